The number of aliphatic hydroxyl groups is 1. The van der Waals surface area contributed by atoms with Crippen LogP contribution in [-0.4, -0.2) is 18.2 Å². The van der Waals surface area contributed by atoms with Gasteiger partial charge in [-0.2, -0.15) is 0 Å². The van der Waals surface area contributed by atoms with Crippen molar-refractivity contribution in [3.63, 3.8) is 0 Å². The molecule has 0 aliphatic carbocycles. The molecule has 0 amide bonds. The molecule has 16 heavy (non-hydrogen) atoms. The third-order valence-electron chi connectivity index (χ3n) is 3.01. The summed E-state index contributed by atoms with van der Waals surface area (Å²) in [5.41, 5.74) is 1.04. The van der Waals surface area contributed by atoms with E-state index in [4.69, 9.17) is 14.2 Å². The van der Waals surface area contributed by atoms with E-state index in [0.717, 1.165) is 36.3 Å². The molecule has 1 N–H and O–H groups in total. The Hall–Kier alpha value is -1.26. The molecule has 3 rings (SSSR count). The summed E-state index contributed by atoms with van der Waals surface area (Å²) in [6.07, 6.45) is 1.99. The second kappa shape index (κ2) is 3.96. The molecule has 1 aromatic carbocycles. The Morgan fingerprint density at radius 2 is 2.00 bits per heavy atom. The second-order valence-electron chi connectivity index (χ2n) is 4.12. The maximum absolute atomic E-state index is 9.46. The minimum atomic E-state index is -0.635. The van der Waals surface area contributed by atoms with Gasteiger partial charge in [-0.05, 0) is 37.0 Å². The highest BCUT2D eigenvalue weighted by Crippen LogP contribution is 2.37. The second-order valence-corrected chi connectivity index (χ2v) is 4.12. The van der Waals surface area contributed by atoms with Crippen LogP contribution in [0.3, 0.4) is 0 Å². The number of hydrogen-bond acceptors (Lipinski definition) is 4. The first-order chi connectivity index (χ1) is 7.83. The molecule has 1 saturated heterocycles. The molecule has 4 heteroatoms. The summed E-state index contributed by atoms with van der Waals surface area (Å²) in [6, 6.07) is 5.79. The summed E-state index contributed by atoms with van der Waals surface area (Å²) >= 11 is 0. The van der Waals surface area contributed by atoms with Crippen LogP contribution in [0.4, 0.5) is 0 Å². The van der Waals surface area contributed by atoms with Crippen molar-refractivity contribution in [1.82, 2.24) is 0 Å². The third kappa shape index (κ3) is 1.74. The maximum Gasteiger partial charge on any atom is 0.231 e. The van der Waals surface area contributed by atoms with E-state index in [1.807, 2.05) is 18.2 Å². The molecule has 2 aliphatic rings. The van der Waals surface area contributed by atoms with Crippen LogP contribution < -0.4 is 9.47 Å². The first-order valence-corrected chi connectivity index (χ1v) is 5.56. The highest BCUT2D eigenvalue weighted by Gasteiger charge is 2.24. The summed E-state index contributed by atoms with van der Waals surface area (Å²) in [5.74, 6) is 1.54. The van der Waals surface area contributed by atoms with E-state index >= 15 is 0 Å². The van der Waals surface area contributed by atoms with Crippen LogP contribution in [0.25, 0.3) is 0 Å². The summed E-state index contributed by atoms with van der Waals surface area (Å²) in [5, 5.41) is 9.46. The molecule has 1 fully saturated rings. The molecule has 4 nitrogen and oxygen atoms in total. The minimum absolute atomic E-state index is 0.0294. The van der Waals surface area contributed by atoms with Gasteiger partial charge in [-0.1, -0.05) is 6.07 Å². The molecule has 2 heterocycles. The van der Waals surface area contributed by atoms with Gasteiger partial charge < -0.3 is 19.3 Å². The van der Waals surface area contributed by atoms with E-state index < -0.39 is 6.29 Å². The Morgan fingerprint density at radius 1 is 1.12 bits per heavy atom. The molecule has 0 radical (unpaired) electrons. The lowest BCUT2D eigenvalue weighted by Crippen LogP contribution is -2.21. The van der Waals surface area contributed by atoms with E-state index in [1.165, 1.54) is 0 Å². The molecule has 2 aliphatic heterocycles. The number of aliphatic hydroxyl groups excluding tert-OH is 1. The van der Waals surface area contributed by atoms with Crippen molar-refractivity contribution in [2.24, 2.45) is 0 Å². The molecule has 1 aromatic rings. The fraction of sp³-hybridized carbons (Fsp3) is 0.500. The highest BCUT2D eigenvalue weighted by atomic mass is 16.7. The average molecular weight is 222 g/mol. The van der Waals surface area contributed by atoms with E-state index in [-0.39, 0.29) is 12.9 Å². The summed E-state index contributed by atoms with van der Waals surface area (Å²) in [6.45, 7) is 0.285. The molecular weight excluding hydrogens is 208 g/mol. The Balaban J connectivity index is 1.83. The SMILES string of the molecule is OC1CCCC(c2ccc3c(c2)OCO3)O1. The molecule has 2 atom stereocenters. The van der Waals surface area contributed by atoms with E-state index in [9.17, 15) is 5.11 Å². The first-order valence-electron chi connectivity index (χ1n) is 5.56. The van der Waals surface area contributed by atoms with Crippen LogP contribution in [0.15, 0.2) is 18.2 Å². The van der Waals surface area contributed by atoms with Gasteiger partial charge >= 0.3 is 0 Å². The Bertz CT molecular complexity index is 391. The zero-order valence-corrected chi connectivity index (χ0v) is 8.89. The Kier molecular flexibility index (Phi) is 2.46. The minimum Gasteiger partial charge on any atom is -0.454 e. The van der Waals surface area contributed by atoms with Crippen molar-refractivity contribution in [2.75, 3.05) is 6.79 Å². The van der Waals surface area contributed by atoms with Crippen molar-refractivity contribution in [3.8, 4) is 11.5 Å². The first kappa shape index (κ1) is 9.93. The summed E-state index contributed by atoms with van der Waals surface area (Å²) in [4.78, 5) is 0. The smallest absolute Gasteiger partial charge is 0.231 e. The van der Waals surface area contributed by atoms with Crippen LogP contribution in [0.5, 0.6) is 11.5 Å². The van der Waals surface area contributed by atoms with Crippen LogP contribution in [0.1, 0.15) is 30.9 Å². The topological polar surface area (TPSA) is 47.9 Å². The van der Waals surface area contributed by atoms with Crippen molar-refractivity contribution >= 4 is 0 Å². The van der Waals surface area contributed by atoms with Gasteiger partial charge in [0.15, 0.2) is 17.8 Å². The number of ether oxygens (including phenoxy) is 3. The molecule has 0 spiro atoms. The van der Waals surface area contributed by atoms with E-state index in [0.29, 0.717) is 0 Å². The quantitative estimate of drug-likeness (QED) is 0.789. The van der Waals surface area contributed by atoms with Gasteiger partial charge in [-0.3, -0.25) is 0 Å². The van der Waals surface area contributed by atoms with Gasteiger partial charge in [0.1, 0.15) is 0 Å². The standard InChI is InChI=1S/C12H14O4/c13-12-3-1-2-9(16-12)8-4-5-10-11(6-8)15-7-14-10/h4-6,9,12-13H,1-3,7H2. The lowest BCUT2D eigenvalue weighted by molar-refractivity contribution is -0.164. The van der Waals surface area contributed by atoms with Crippen LogP contribution in [0.2, 0.25) is 0 Å². The fourth-order valence-electron chi connectivity index (χ4n) is 2.16. The number of hydrogen-bond donors (Lipinski definition) is 1. The molecule has 2 unspecified atom stereocenters. The predicted molar refractivity (Wildman–Crippen MR) is 56.2 cm³/mol. The lowest BCUT2D eigenvalue weighted by atomic mass is 10.0. The van der Waals surface area contributed by atoms with Crippen LogP contribution >= 0.6 is 0 Å². The van der Waals surface area contributed by atoms with Gasteiger partial charge in [0.2, 0.25) is 6.79 Å². The van der Waals surface area contributed by atoms with E-state index in [2.05, 4.69) is 0 Å². The number of fused-ring (bicyclic) bond motifs is 1. The van der Waals surface area contributed by atoms with Gasteiger partial charge in [-0.25, -0.2) is 0 Å². The zero-order valence-electron chi connectivity index (χ0n) is 8.89. The number of rotatable bonds is 1. The van der Waals surface area contributed by atoms with Crippen molar-refractivity contribution in [3.05, 3.63) is 23.8 Å². The molecule has 0 saturated carbocycles. The van der Waals surface area contributed by atoms with Crippen molar-refractivity contribution in [1.29, 1.82) is 0 Å². The number of benzene rings is 1. The Labute approximate surface area is 93.7 Å². The normalized spacial score (nSPS) is 28.1. The third-order valence-corrected chi connectivity index (χ3v) is 3.01. The zero-order chi connectivity index (χ0) is 11.0. The Morgan fingerprint density at radius 3 is 2.88 bits per heavy atom. The average Bonchev–Trinajstić information content (AvgIpc) is 2.75. The van der Waals surface area contributed by atoms with Gasteiger partial charge in [-0.15, -0.1) is 0 Å². The molecule has 86 valence electrons. The van der Waals surface area contributed by atoms with E-state index in [1.54, 1.807) is 0 Å². The largest absolute Gasteiger partial charge is 0.454 e. The van der Waals surface area contributed by atoms with Crippen molar-refractivity contribution in [2.45, 2.75) is 31.7 Å². The molecular formula is C12H14O4. The summed E-state index contributed by atoms with van der Waals surface area (Å²) < 4.78 is 16.1. The van der Waals surface area contributed by atoms with Gasteiger partial charge in [0.05, 0.1) is 6.10 Å². The molecule has 0 aromatic heterocycles. The summed E-state index contributed by atoms with van der Waals surface area (Å²) in [7, 11) is 0. The lowest BCUT2D eigenvalue weighted by Gasteiger charge is -2.27. The fourth-order valence-corrected chi connectivity index (χ4v) is 2.16. The maximum atomic E-state index is 9.46. The van der Waals surface area contributed by atoms with Crippen LogP contribution in [0, 0.1) is 0 Å². The predicted octanol–water partition coefficient (Wildman–Crippen LogP) is 1.98. The molecule has 0 bridgehead atoms. The van der Waals surface area contributed by atoms with Crippen molar-refractivity contribution < 1.29 is 19.3 Å². The van der Waals surface area contributed by atoms with Gasteiger partial charge in [0, 0.05) is 0 Å². The monoisotopic (exact) mass is 222 g/mol. The van der Waals surface area contributed by atoms with Crippen LogP contribution in [-0.2, 0) is 4.74 Å². The highest BCUT2D eigenvalue weighted by molar-refractivity contribution is 5.45. The van der Waals surface area contributed by atoms with Gasteiger partial charge in [0.25, 0.3) is 0 Å².